The Hall–Kier alpha value is -3.26. The number of fused-ring (bicyclic) bond motifs is 1. The van der Waals surface area contributed by atoms with Gasteiger partial charge >= 0.3 is 0 Å². The minimum atomic E-state index is -0.418. The molecule has 0 saturated heterocycles. The van der Waals surface area contributed by atoms with E-state index in [-0.39, 0.29) is 17.9 Å². The number of anilines is 1. The van der Waals surface area contributed by atoms with Gasteiger partial charge in [0.05, 0.1) is 18.8 Å². The summed E-state index contributed by atoms with van der Waals surface area (Å²) >= 11 is 1.42. The number of carbonyl (C=O) groups is 1. The van der Waals surface area contributed by atoms with Crippen molar-refractivity contribution in [2.75, 3.05) is 18.5 Å². The van der Waals surface area contributed by atoms with Gasteiger partial charge in [0.1, 0.15) is 5.82 Å². The van der Waals surface area contributed by atoms with Gasteiger partial charge in [-0.15, -0.1) is 0 Å². The van der Waals surface area contributed by atoms with E-state index in [1.165, 1.54) is 11.8 Å². The standard InChI is InChI=1S/C24H25N3O4S/c1-3-30-18-11-10-16(12-19(18)31-4-2)17-13-20(28)25-22-21(17)23(29)27-24(26-22)32-14-15-8-6-5-7-9-15/h5-12,17H,3-4,13-14H2,1-2H3,(H2,25,26,27,28,29). The smallest absolute Gasteiger partial charge is 0.257 e. The Morgan fingerprint density at radius 2 is 1.78 bits per heavy atom. The summed E-state index contributed by atoms with van der Waals surface area (Å²) in [5.74, 6) is 1.62. The summed E-state index contributed by atoms with van der Waals surface area (Å²) in [7, 11) is 0. The number of rotatable bonds is 8. The summed E-state index contributed by atoms with van der Waals surface area (Å²) in [5.41, 5.74) is 2.14. The van der Waals surface area contributed by atoms with Gasteiger partial charge in [-0.25, -0.2) is 4.98 Å². The quantitative estimate of drug-likeness (QED) is 0.391. The van der Waals surface area contributed by atoms with Gasteiger partial charge in [0.15, 0.2) is 16.7 Å². The van der Waals surface area contributed by atoms with Gasteiger partial charge in [-0.05, 0) is 37.1 Å². The van der Waals surface area contributed by atoms with E-state index in [1.54, 1.807) is 0 Å². The Morgan fingerprint density at radius 3 is 2.53 bits per heavy atom. The molecule has 0 fully saturated rings. The van der Waals surface area contributed by atoms with Crippen LogP contribution in [0.1, 0.15) is 42.9 Å². The van der Waals surface area contributed by atoms with Crippen molar-refractivity contribution < 1.29 is 14.3 Å². The molecule has 32 heavy (non-hydrogen) atoms. The largest absolute Gasteiger partial charge is 0.490 e. The number of hydrogen-bond donors (Lipinski definition) is 2. The first-order valence-corrected chi connectivity index (χ1v) is 11.6. The van der Waals surface area contributed by atoms with E-state index in [1.807, 2.05) is 62.4 Å². The zero-order valence-electron chi connectivity index (χ0n) is 18.0. The van der Waals surface area contributed by atoms with Crippen molar-refractivity contribution in [2.45, 2.75) is 37.1 Å². The van der Waals surface area contributed by atoms with E-state index in [2.05, 4.69) is 15.3 Å². The second-order valence-corrected chi connectivity index (χ2v) is 8.25. The number of aromatic amines is 1. The molecule has 1 aliphatic rings. The minimum absolute atomic E-state index is 0.161. The molecule has 2 N–H and O–H groups in total. The number of benzene rings is 2. The lowest BCUT2D eigenvalue weighted by atomic mass is 9.86. The van der Waals surface area contributed by atoms with Crippen molar-refractivity contribution in [3.8, 4) is 11.5 Å². The van der Waals surface area contributed by atoms with Crippen LogP contribution in [0.5, 0.6) is 11.5 Å². The molecule has 1 amide bonds. The number of ether oxygens (including phenoxy) is 2. The zero-order valence-corrected chi connectivity index (χ0v) is 18.8. The van der Waals surface area contributed by atoms with Crippen molar-refractivity contribution in [2.24, 2.45) is 0 Å². The fraction of sp³-hybridized carbons (Fsp3) is 0.292. The molecule has 1 aromatic heterocycles. The summed E-state index contributed by atoms with van der Waals surface area (Å²) < 4.78 is 11.4. The van der Waals surface area contributed by atoms with Crippen molar-refractivity contribution in [1.29, 1.82) is 0 Å². The monoisotopic (exact) mass is 451 g/mol. The van der Waals surface area contributed by atoms with Crippen LogP contribution < -0.4 is 20.3 Å². The lowest BCUT2D eigenvalue weighted by Gasteiger charge is -2.25. The number of H-pyrrole nitrogens is 1. The summed E-state index contributed by atoms with van der Waals surface area (Å²) in [6.07, 6.45) is 0.161. The van der Waals surface area contributed by atoms with Crippen LogP contribution in [0.15, 0.2) is 58.5 Å². The SMILES string of the molecule is CCOc1ccc(C2CC(=O)Nc3nc(SCc4ccccc4)[nH]c(=O)c32)cc1OCC. The fourth-order valence-electron chi connectivity index (χ4n) is 3.71. The first-order valence-electron chi connectivity index (χ1n) is 10.6. The average Bonchev–Trinajstić information content (AvgIpc) is 2.79. The zero-order chi connectivity index (χ0) is 22.5. The van der Waals surface area contributed by atoms with Gasteiger partial charge in [-0.3, -0.25) is 9.59 Å². The molecule has 0 aliphatic carbocycles. The van der Waals surface area contributed by atoms with Crippen molar-refractivity contribution in [3.05, 3.63) is 75.6 Å². The second-order valence-electron chi connectivity index (χ2n) is 7.28. The highest BCUT2D eigenvalue weighted by atomic mass is 32.2. The Kier molecular flexibility index (Phi) is 6.80. The maximum Gasteiger partial charge on any atom is 0.257 e. The number of carbonyl (C=O) groups excluding carboxylic acids is 1. The van der Waals surface area contributed by atoms with E-state index in [0.717, 1.165) is 11.1 Å². The third-order valence-electron chi connectivity index (χ3n) is 5.12. The lowest BCUT2D eigenvalue weighted by molar-refractivity contribution is -0.116. The van der Waals surface area contributed by atoms with Crippen molar-refractivity contribution in [1.82, 2.24) is 9.97 Å². The summed E-state index contributed by atoms with van der Waals surface area (Å²) in [5, 5.41) is 3.24. The van der Waals surface area contributed by atoms with E-state index in [9.17, 15) is 9.59 Å². The highest BCUT2D eigenvalue weighted by Crippen LogP contribution is 2.38. The Labute approximate surface area is 190 Å². The first kappa shape index (κ1) is 22.0. The molecule has 2 aromatic carbocycles. The fourth-order valence-corrected chi connectivity index (χ4v) is 4.53. The van der Waals surface area contributed by atoms with E-state index >= 15 is 0 Å². The van der Waals surface area contributed by atoms with Gasteiger partial charge in [-0.1, -0.05) is 48.2 Å². The molecule has 0 saturated carbocycles. The molecule has 0 radical (unpaired) electrons. The molecule has 4 rings (SSSR count). The van der Waals surface area contributed by atoms with Crippen LogP contribution in [0, 0.1) is 0 Å². The van der Waals surface area contributed by atoms with Gasteiger partial charge in [0.2, 0.25) is 5.91 Å². The highest BCUT2D eigenvalue weighted by molar-refractivity contribution is 7.98. The number of amides is 1. The summed E-state index contributed by atoms with van der Waals surface area (Å²) in [6, 6.07) is 15.5. The molecule has 7 nitrogen and oxygen atoms in total. The molecule has 0 spiro atoms. The van der Waals surface area contributed by atoms with E-state index < -0.39 is 5.92 Å². The molecule has 166 valence electrons. The van der Waals surface area contributed by atoms with Crippen molar-refractivity contribution in [3.63, 3.8) is 0 Å². The Morgan fingerprint density at radius 1 is 1.03 bits per heavy atom. The average molecular weight is 452 g/mol. The van der Waals surface area contributed by atoms with Gasteiger partial charge in [-0.2, -0.15) is 0 Å². The number of thioether (sulfide) groups is 1. The molecule has 0 bridgehead atoms. The van der Waals surface area contributed by atoms with Crippen LogP contribution in [-0.2, 0) is 10.5 Å². The molecule has 8 heteroatoms. The minimum Gasteiger partial charge on any atom is -0.490 e. The Bertz CT molecular complexity index is 1160. The second kappa shape index (κ2) is 9.91. The first-order chi connectivity index (χ1) is 15.6. The maximum absolute atomic E-state index is 13.1. The molecular formula is C24H25N3O4S. The lowest BCUT2D eigenvalue weighted by Crippen LogP contribution is -2.31. The number of aromatic nitrogens is 2. The van der Waals surface area contributed by atoms with Crippen LogP contribution >= 0.6 is 11.8 Å². The summed E-state index contributed by atoms with van der Waals surface area (Å²) in [6.45, 7) is 4.80. The third kappa shape index (κ3) is 4.80. The number of nitrogens with zero attached hydrogens (tertiary/aromatic N) is 1. The van der Waals surface area contributed by atoms with Crippen LogP contribution in [0.4, 0.5) is 5.82 Å². The molecule has 3 aromatic rings. The predicted octanol–water partition coefficient (Wildman–Crippen LogP) is 4.33. The predicted molar refractivity (Wildman–Crippen MR) is 125 cm³/mol. The molecule has 1 unspecified atom stereocenters. The van der Waals surface area contributed by atoms with Gasteiger partial charge in [0.25, 0.3) is 5.56 Å². The Balaban J connectivity index is 1.66. The van der Waals surface area contributed by atoms with Gasteiger partial charge in [0, 0.05) is 18.1 Å². The highest BCUT2D eigenvalue weighted by Gasteiger charge is 2.31. The van der Waals surface area contributed by atoms with E-state index in [4.69, 9.17) is 9.47 Å². The topological polar surface area (TPSA) is 93.3 Å². The van der Waals surface area contributed by atoms with Crippen LogP contribution in [0.3, 0.4) is 0 Å². The van der Waals surface area contributed by atoms with Crippen molar-refractivity contribution >= 4 is 23.5 Å². The normalized spacial score (nSPS) is 15.1. The van der Waals surface area contributed by atoms with Crippen LogP contribution in [0.25, 0.3) is 0 Å². The number of hydrogen-bond acceptors (Lipinski definition) is 6. The van der Waals surface area contributed by atoms with Crippen LogP contribution in [-0.4, -0.2) is 29.1 Å². The number of nitrogens with one attached hydrogen (secondary N) is 2. The molecule has 2 heterocycles. The van der Waals surface area contributed by atoms with E-state index in [0.29, 0.717) is 47.0 Å². The molecule has 1 atom stereocenters. The van der Waals surface area contributed by atoms with Gasteiger partial charge < -0.3 is 19.8 Å². The molecular weight excluding hydrogens is 426 g/mol. The molecule has 1 aliphatic heterocycles. The summed E-state index contributed by atoms with van der Waals surface area (Å²) in [4.78, 5) is 32.9. The third-order valence-corrected chi connectivity index (χ3v) is 6.06. The van der Waals surface area contributed by atoms with Crippen LogP contribution in [0.2, 0.25) is 0 Å². The maximum atomic E-state index is 13.1.